The molecule has 0 aliphatic rings. The summed E-state index contributed by atoms with van der Waals surface area (Å²) < 4.78 is 10.7. The summed E-state index contributed by atoms with van der Waals surface area (Å²) in [5.74, 6) is 0.605. The van der Waals surface area contributed by atoms with E-state index in [4.69, 9.17) is 26.1 Å². The maximum atomic E-state index is 13.4. The molecule has 3 aromatic carbocycles. The van der Waals surface area contributed by atoms with Gasteiger partial charge in [0, 0.05) is 23.1 Å². The smallest absolute Gasteiger partial charge is 0.256 e. The zero-order valence-electron chi connectivity index (χ0n) is 18.3. The monoisotopic (exact) mass is 446 g/mol. The van der Waals surface area contributed by atoms with E-state index < -0.39 is 0 Å². The molecule has 1 aromatic heterocycles. The Morgan fingerprint density at radius 2 is 1.69 bits per heavy atom. The third-order valence-electron chi connectivity index (χ3n) is 5.35. The second-order valence-electron chi connectivity index (χ2n) is 7.53. The molecule has 4 aromatic rings. The van der Waals surface area contributed by atoms with Gasteiger partial charge in [0.2, 0.25) is 0 Å². The lowest BCUT2D eigenvalue weighted by Gasteiger charge is -2.15. The molecule has 5 nitrogen and oxygen atoms in total. The predicted octanol–water partition coefficient (Wildman–Crippen LogP) is 6.44. The number of anilines is 1. The van der Waals surface area contributed by atoms with E-state index in [0.29, 0.717) is 27.8 Å². The number of hydrogen-bond acceptors (Lipinski definition) is 4. The number of benzene rings is 3. The lowest BCUT2D eigenvalue weighted by molar-refractivity contribution is 0.102. The summed E-state index contributed by atoms with van der Waals surface area (Å²) in [6, 6.07) is 18.9. The van der Waals surface area contributed by atoms with Crippen molar-refractivity contribution in [2.75, 3.05) is 19.5 Å². The molecule has 0 aliphatic heterocycles. The number of pyridine rings is 1. The van der Waals surface area contributed by atoms with Crippen LogP contribution in [0.1, 0.15) is 21.5 Å². The van der Waals surface area contributed by atoms with Crippen LogP contribution in [0.25, 0.3) is 22.2 Å². The highest BCUT2D eigenvalue weighted by atomic mass is 35.5. The van der Waals surface area contributed by atoms with Crippen LogP contribution in [0.4, 0.5) is 5.69 Å². The van der Waals surface area contributed by atoms with Crippen LogP contribution < -0.4 is 14.8 Å². The third-order valence-corrected chi connectivity index (χ3v) is 5.65. The van der Waals surface area contributed by atoms with Crippen LogP contribution in [-0.2, 0) is 0 Å². The summed E-state index contributed by atoms with van der Waals surface area (Å²) in [5, 5.41) is 4.11. The molecule has 0 aliphatic carbocycles. The van der Waals surface area contributed by atoms with Gasteiger partial charge in [-0.15, -0.1) is 0 Å². The van der Waals surface area contributed by atoms with Crippen molar-refractivity contribution in [2.45, 2.75) is 13.8 Å². The number of amides is 1. The molecule has 0 atom stereocenters. The van der Waals surface area contributed by atoms with Crippen molar-refractivity contribution in [1.29, 1.82) is 0 Å². The van der Waals surface area contributed by atoms with Crippen LogP contribution in [0.2, 0.25) is 5.02 Å². The Labute approximate surface area is 192 Å². The number of ether oxygens (including phenoxy) is 2. The molecular formula is C26H23ClN2O3. The highest BCUT2D eigenvalue weighted by molar-refractivity contribution is 6.32. The zero-order valence-corrected chi connectivity index (χ0v) is 19.1. The Balaban J connectivity index is 1.84. The molecule has 4 rings (SSSR count). The first kappa shape index (κ1) is 21.7. The second kappa shape index (κ2) is 8.89. The summed E-state index contributed by atoms with van der Waals surface area (Å²) in [5.41, 5.74) is 5.69. The van der Waals surface area contributed by atoms with Crippen LogP contribution in [-0.4, -0.2) is 25.1 Å². The minimum absolute atomic E-state index is 0.280. The molecule has 1 N–H and O–H groups in total. The number of hydrogen-bond donors (Lipinski definition) is 1. The quantitative estimate of drug-likeness (QED) is 0.383. The van der Waals surface area contributed by atoms with Crippen molar-refractivity contribution in [1.82, 2.24) is 4.98 Å². The van der Waals surface area contributed by atoms with Gasteiger partial charge in [-0.3, -0.25) is 4.79 Å². The predicted molar refractivity (Wildman–Crippen MR) is 129 cm³/mol. The first-order chi connectivity index (χ1) is 15.4. The summed E-state index contributed by atoms with van der Waals surface area (Å²) >= 11 is 6.20. The fourth-order valence-corrected chi connectivity index (χ4v) is 3.89. The molecule has 0 saturated heterocycles. The summed E-state index contributed by atoms with van der Waals surface area (Å²) in [7, 11) is 3.04. The molecule has 0 unspecified atom stereocenters. The largest absolute Gasteiger partial charge is 0.495 e. The van der Waals surface area contributed by atoms with Gasteiger partial charge in [-0.25, -0.2) is 4.98 Å². The molecule has 0 fully saturated rings. The molecule has 0 bridgehead atoms. The number of carbonyl (C=O) groups is 1. The van der Waals surface area contributed by atoms with E-state index in [2.05, 4.69) is 23.5 Å². The molecule has 1 heterocycles. The number of nitrogens with zero attached hydrogens (tertiary/aromatic N) is 1. The number of methoxy groups -OCH3 is 2. The number of halogens is 1. The number of nitrogens with one attached hydrogen (secondary N) is 1. The van der Waals surface area contributed by atoms with Crippen LogP contribution in [0.15, 0.2) is 60.7 Å². The van der Waals surface area contributed by atoms with Crippen LogP contribution in [0.5, 0.6) is 11.5 Å². The maximum Gasteiger partial charge on any atom is 0.256 e. The van der Waals surface area contributed by atoms with Gasteiger partial charge in [-0.1, -0.05) is 47.5 Å². The lowest BCUT2D eigenvalue weighted by Crippen LogP contribution is -2.14. The molecule has 0 radical (unpaired) electrons. The zero-order chi connectivity index (χ0) is 22.8. The first-order valence-corrected chi connectivity index (χ1v) is 10.5. The fourth-order valence-electron chi connectivity index (χ4n) is 3.66. The summed E-state index contributed by atoms with van der Waals surface area (Å²) in [4.78, 5) is 18.3. The van der Waals surface area contributed by atoms with E-state index in [1.54, 1.807) is 12.1 Å². The number of rotatable bonds is 5. The standard InChI is InChI=1S/C26H23ClN2O3/c1-15-9-10-16(2)18(11-15)22-12-19(17-7-5-6-8-21(17)28-22)26(30)29-23-14-24(31-3)20(27)13-25(23)32-4/h5-14H,1-4H3,(H,29,30). The SMILES string of the molecule is COc1cc(NC(=O)c2cc(-c3cc(C)ccc3C)nc3ccccc23)c(OC)cc1Cl. The van der Waals surface area contributed by atoms with Gasteiger partial charge in [-0.05, 0) is 37.6 Å². The van der Waals surface area contributed by atoms with Crippen molar-refractivity contribution in [2.24, 2.45) is 0 Å². The Bertz CT molecular complexity index is 1330. The highest BCUT2D eigenvalue weighted by Crippen LogP contribution is 2.36. The molecule has 32 heavy (non-hydrogen) atoms. The van der Waals surface area contributed by atoms with Crippen molar-refractivity contribution in [3.8, 4) is 22.8 Å². The van der Waals surface area contributed by atoms with Crippen molar-refractivity contribution < 1.29 is 14.3 Å². The second-order valence-corrected chi connectivity index (χ2v) is 7.94. The number of carbonyl (C=O) groups excluding carboxylic acids is 1. The highest BCUT2D eigenvalue weighted by Gasteiger charge is 2.18. The molecule has 6 heteroatoms. The van der Waals surface area contributed by atoms with Gasteiger partial charge >= 0.3 is 0 Å². The van der Waals surface area contributed by atoms with Gasteiger partial charge in [-0.2, -0.15) is 0 Å². The van der Waals surface area contributed by atoms with Crippen LogP contribution >= 0.6 is 11.6 Å². The van der Waals surface area contributed by atoms with Gasteiger partial charge < -0.3 is 14.8 Å². The molecule has 0 spiro atoms. The topological polar surface area (TPSA) is 60.5 Å². The van der Waals surface area contributed by atoms with Gasteiger partial charge in [0.05, 0.1) is 41.7 Å². The van der Waals surface area contributed by atoms with E-state index in [0.717, 1.165) is 33.3 Å². The number of aryl methyl sites for hydroxylation is 2. The van der Waals surface area contributed by atoms with Gasteiger partial charge in [0.1, 0.15) is 11.5 Å². The third kappa shape index (κ3) is 4.12. The Hall–Kier alpha value is -3.57. The average Bonchev–Trinajstić information content (AvgIpc) is 2.80. The van der Waals surface area contributed by atoms with Crippen molar-refractivity contribution >= 4 is 34.1 Å². The van der Waals surface area contributed by atoms with Gasteiger partial charge in [0.15, 0.2) is 0 Å². The van der Waals surface area contributed by atoms with E-state index in [1.165, 1.54) is 14.2 Å². The van der Waals surface area contributed by atoms with E-state index in [-0.39, 0.29) is 5.91 Å². The Kier molecular flexibility index (Phi) is 6.01. The van der Waals surface area contributed by atoms with E-state index in [1.807, 2.05) is 44.2 Å². The normalized spacial score (nSPS) is 10.8. The average molecular weight is 447 g/mol. The number of para-hydroxylation sites is 1. The molecule has 162 valence electrons. The first-order valence-electron chi connectivity index (χ1n) is 10.1. The summed E-state index contributed by atoms with van der Waals surface area (Å²) in [6.07, 6.45) is 0. The van der Waals surface area contributed by atoms with Crippen molar-refractivity contribution in [3.63, 3.8) is 0 Å². The minimum atomic E-state index is -0.280. The summed E-state index contributed by atoms with van der Waals surface area (Å²) in [6.45, 7) is 4.08. The number of fused-ring (bicyclic) bond motifs is 1. The van der Waals surface area contributed by atoms with Crippen LogP contribution in [0.3, 0.4) is 0 Å². The molecule has 1 amide bonds. The van der Waals surface area contributed by atoms with Crippen LogP contribution in [0, 0.1) is 13.8 Å². The van der Waals surface area contributed by atoms with E-state index in [9.17, 15) is 4.79 Å². The van der Waals surface area contributed by atoms with Crippen molar-refractivity contribution in [3.05, 3.63) is 82.4 Å². The number of aromatic nitrogens is 1. The fraction of sp³-hybridized carbons (Fsp3) is 0.154. The molecule has 0 saturated carbocycles. The lowest BCUT2D eigenvalue weighted by atomic mass is 9.99. The Morgan fingerprint density at radius 3 is 2.44 bits per heavy atom. The Morgan fingerprint density at radius 1 is 0.938 bits per heavy atom. The molecular weight excluding hydrogens is 424 g/mol. The van der Waals surface area contributed by atoms with Gasteiger partial charge in [0.25, 0.3) is 5.91 Å². The van der Waals surface area contributed by atoms with E-state index >= 15 is 0 Å². The minimum Gasteiger partial charge on any atom is -0.495 e. The maximum absolute atomic E-state index is 13.4.